The summed E-state index contributed by atoms with van der Waals surface area (Å²) in [6.45, 7) is 2.28. The average molecular weight is 422 g/mol. The lowest BCUT2D eigenvalue weighted by Gasteiger charge is -2.16. The molecule has 8 heteroatoms. The predicted molar refractivity (Wildman–Crippen MR) is 121 cm³/mol. The number of ether oxygens (including phenoxy) is 2. The summed E-state index contributed by atoms with van der Waals surface area (Å²) >= 11 is 0. The van der Waals surface area contributed by atoms with Crippen LogP contribution >= 0.6 is 0 Å². The number of hydrogen-bond acceptors (Lipinski definition) is 7. The molecule has 0 spiro atoms. The summed E-state index contributed by atoms with van der Waals surface area (Å²) in [5.41, 5.74) is 1.67. The maximum absolute atomic E-state index is 11.8. The molecule has 0 radical (unpaired) electrons. The number of hydrogen-bond donors (Lipinski definition) is 2. The van der Waals surface area contributed by atoms with Gasteiger partial charge in [0.2, 0.25) is 11.9 Å². The molecule has 1 aromatic heterocycles. The van der Waals surface area contributed by atoms with Gasteiger partial charge in [0.15, 0.2) is 11.5 Å². The highest BCUT2D eigenvalue weighted by molar-refractivity contribution is 5.94. The van der Waals surface area contributed by atoms with Crippen LogP contribution in [0.4, 0.5) is 17.5 Å². The topological polar surface area (TPSA) is 88.6 Å². The van der Waals surface area contributed by atoms with Gasteiger partial charge in [0.25, 0.3) is 0 Å². The van der Waals surface area contributed by atoms with E-state index >= 15 is 0 Å². The Labute approximate surface area is 181 Å². The van der Waals surface area contributed by atoms with Gasteiger partial charge in [-0.15, -0.1) is 0 Å². The van der Waals surface area contributed by atoms with E-state index in [0.29, 0.717) is 36.2 Å². The number of carbonyl (C=O) groups is 1. The van der Waals surface area contributed by atoms with E-state index in [1.165, 1.54) is 0 Å². The second kappa shape index (κ2) is 9.51. The largest absolute Gasteiger partial charge is 0.493 e. The van der Waals surface area contributed by atoms with Crippen LogP contribution in [0.2, 0.25) is 0 Å². The molecule has 1 aliphatic rings. The summed E-state index contributed by atoms with van der Waals surface area (Å²) in [5.74, 6) is 2.67. The molecule has 0 unspecified atom stereocenters. The number of rotatable bonds is 9. The molecule has 1 amide bonds. The van der Waals surface area contributed by atoms with Crippen molar-refractivity contribution in [2.45, 2.75) is 19.3 Å². The normalized spacial score (nSPS) is 13.5. The Kier molecular flexibility index (Phi) is 6.35. The third kappa shape index (κ3) is 4.79. The Balaban J connectivity index is 1.58. The van der Waals surface area contributed by atoms with Crippen LogP contribution in [-0.4, -0.2) is 54.6 Å². The molecule has 2 heterocycles. The summed E-state index contributed by atoms with van der Waals surface area (Å²) in [6, 6.07) is 13.6. The molecule has 0 aliphatic carbocycles. The molecule has 1 saturated heterocycles. The number of likely N-dealkylation sites (tertiary alicyclic amines) is 1. The van der Waals surface area contributed by atoms with Gasteiger partial charge in [0.1, 0.15) is 5.82 Å². The van der Waals surface area contributed by atoms with Crippen molar-refractivity contribution < 1.29 is 14.3 Å². The van der Waals surface area contributed by atoms with Crippen LogP contribution in [0.3, 0.4) is 0 Å². The lowest BCUT2D eigenvalue weighted by atomic mass is 10.2. The molecule has 162 valence electrons. The number of para-hydroxylation sites is 1. The smallest absolute Gasteiger partial charge is 0.225 e. The number of anilines is 3. The number of nitrogens with zero attached hydrogens (tertiary/aromatic N) is 3. The summed E-state index contributed by atoms with van der Waals surface area (Å²) in [4.78, 5) is 23.1. The standard InChI is InChI=1S/C23H27N5O3/c1-30-19-14-17-18(15-20(19)31-2)26-23(24-11-7-13-28-12-6-10-21(28)29)27-22(17)25-16-8-4-3-5-9-16/h3-5,8-9,14-15H,6-7,10-13H2,1-2H3,(H2,24,25,26,27). The lowest BCUT2D eigenvalue weighted by Crippen LogP contribution is -2.27. The van der Waals surface area contributed by atoms with Gasteiger partial charge >= 0.3 is 0 Å². The fourth-order valence-corrected chi connectivity index (χ4v) is 3.70. The second-order valence-electron chi connectivity index (χ2n) is 7.38. The van der Waals surface area contributed by atoms with E-state index in [4.69, 9.17) is 14.5 Å². The van der Waals surface area contributed by atoms with E-state index < -0.39 is 0 Å². The fourth-order valence-electron chi connectivity index (χ4n) is 3.70. The van der Waals surface area contributed by atoms with Gasteiger partial charge in [0, 0.05) is 43.2 Å². The first-order valence-corrected chi connectivity index (χ1v) is 10.5. The van der Waals surface area contributed by atoms with Gasteiger partial charge in [-0.1, -0.05) is 18.2 Å². The number of methoxy groups -OCH3 is 2. The molecule has 1 fully saturated rings. The van der Waals surface area contributed by atoms with E-state index in [1.807, 2.05) is 47.4 Å². The molecule has 1 aliphatic heterocycles. The maximum Gasteiger partial charge on any atom is 0.225 e. The van der Waals surface area contributed by atoms with E-state index in [9.17, 15) is 4.79 Å². The highest BCUT2D eigenvalue weighted by atomic mass is 16.5. The van der Waals surface area contributed by atoms with Crippen molar-refractivity contribution >= 4 is 34.3 Å². The first-order valence-electron chi connectivity index (χ1n) is 10.5. The molecule has 2 N–H and O–H groups in total. The van der Waals surface area contributed by atoms with Gasteiger partial charge in [-0.2, -0.15) is 4.98 Å². The van der Waals surface area contributed by atoms with Crippen LogP contribution in [0.1, 0.15) is 19.3 Å². The molecule has 0 saturated carbocycles. The highest BCUT2D eigenvalue weighted by Crippen LogP contribution is 2.35. The van der Waals surface area contributed by atoms with Crippen LogP contribution in [-0.2, 0) is 4.79 Å². The summed E-state index contributed by atoms with van der Waals surface area (Å²) in [6.07, 6.45) is 2.46. The molecule has 2 aromatic carbocycles. The van der Waals surface area contributed by atoms with Gasteiger partial charge in [-0.3, -0.25) is 4.79 Å². The molecular formula is C23H27N5O3. The molecule has 8 nitrogen and oxygen atoms in total. The number of benzene rings is 2. The average Bonchev–Trinajstić information content (AvgIpc) is 3.21. The Morgan fingerprint density at radius 1 is 1.06 bits per heavy atom. The molecule has 31 heavy (non-hydrogen) atoms. The predicted octanol–water partition coefficient (Wildman–Crippen LogP) is 3.82. The first kappa shape index (κ1) is 20.7. The lowest BCUT2D eigenvalue weighted by molar-refractivity contribution is -0.127. The van der Waals surface area contributed by atoms with E-state index in [2.05, 4.69) is 15.6 Å². The zero-order chi connectivity index (χ0) is 21.6. The zero-order valence-corrected chi connectivity index (χ0v) is 17.9. The maximum atomic E-state index is 11.8. The monoisotopic (exact) mass is 421 g/mol. The van der Waals surface area contributed by atoms with Crippen LogP contribution in [0.15, 0.2) is 42.5 Å². The zero-order valence-electron chi connectivity index (χ0n) is 17.9. The highest BCUT2D eigenvalue weighted by Gasteiger charge is 2.19. The Morgan fingerprint density at radius 2 is 1.84 bits per heavy atom. The van der Waals surface area contributed by atoms with Crippen LogP contribution in [0, 0.1) is 0 Å². The van der Waals surface area contributed by atoms with Crippen molar-refractivity contribution in [3.8, 4) is 11.5 Å². The van der Waals surface area contributed by atoms with Crippen molar-refractivity contribution in [3.05, 3.63) is 42.5 Å². The van der Waals surface area contributed by atoms with Crippen molar-refractivity contribution in [3.63, 3.8) is 0 Å². The third-order valence-corrected chi connectivity index (χ3v) is 5.30. The fraction of sp³-hybridized carbons (Fsp3) is 0.348. The van der Waals surface area contributed by atoms with Crippen LogP contribution in [0.5, 0.6) is 11.5 Å². The number of nitrogens with one attached hydrogen (secondary N) is 2. The van der Waals surface area contributed by atoms with E-state index in [-0.39, 0.29) is 5.91 Å². The van der Waals surface area contributed by atoms with Crippen molar-refractivity contribution in [2.75, 3.05) is 44.5 Å². The summed E-state index contributed by atoms with van der Waals surface area (Å²) in [5, 5.41) is 7.50. The van der Waals surface area contributed by atoms with Gasteiger partial charge in [-0.25, -0.2) is 4.98 Å². The number of carbonyl (C=O) groups excluding carboxylic acids is 1. The SMILES string of the molecule is COc1cc2nc(NCCCN3CCCC3=O)nc(Nc3ccccc3)c2cc1OC. The third-order valence-electron chi connectivity index (χ3n) is 5.30. The minimum absolute atomic E-state index is 0.248. The van der Waals surface area contributed by atoms with Crippen molar-refractivity contribution in [1.82, 2.24) is 14.9 Å². The van der Waals surface area contributed by atoms with Crippen molar-refractivity contribution in [2.24, 2.45) is 0 Å². The molecule has 3 aromatic rings. The Bertz CT molecular complexity index is 1060. The van der Waals surface area contributed by atoms with Crippen LogP contribution in [0.25, 0.3) is 10.9 Å². The summed E-state index contributed by atoms with van der Waals surface area (Å²) in [7, 11) is 3.21. The minimum atomic E-state index is 0.248. The minimum Gasteiger partial charge on any atom is -0.493 e. The van der Waals surface area contributed by atoms with Gasteiger partial charge < -0.3 is 25.0 Å². The number of fused-ring (bicyclic) bond motifs is 1. The van der Waals surface area contributed by atoms with Crippen LogP contribution < -0.4 is 20.1 Å². The molecule has 0 bridgehead atoms. The van der Waals surface area contributed by atoms with E-state index in [0.717, 1.165) is 42.5 Å². The van der Waals surface area contributed by atoms with Gasteiger partial charge in [0.05, 0.1) is 19.7 Å². The number of aromatic nitrogens is 2. The first-order chi connectivity index (χ1) is 15.2. The number of amides is 1. The molecular weight excluding hydrogens is 394 g/mol. The summed E-state index contributed by atoms with van der Waals surface area (Å²) < 4.78 is 10.9. The molecule has 4 rings (SSSR count). The Hall–Kier alpha value is -3.55. The van der Waals surface area contributed by atoms with Crippen molar-refractivity contribution in [1.29, 1.82) is 0 Å². The quantitative estimate of drug-likeness (QED) is 0.508. The van der Waals surface area contributed by atoms with E-state index in [1.54, 1.807) is 14.2 Å². The molecule has 0 atom stereocenters. The Morgan fingerprint density at radius 3 is 2.55 bits per heavy atom. The second-order valence-corrected chi connectivity index (χ2v) is 7.38. The van der Waals surface area contributed by atoms with Gasteiger partial charge in [-0.05, 0) is 31.0 Å².